The van der Waals surface area contributed by atoms with Crippen LogP contribution < -0.4 is 16.2 Å². The molecule has 124 valence electrons. The zero-order valence-electron chi connectivity index (χ0n) is 13.3. The van der Waals surface area contributed by atoms with Crippen molar-refractivity contribution in [2.45, 2.75) is 28.7 Å². The fourth-order valence-electron chi connectivity index (χ4n) is 3.57. The number of hydrogen-bond acceptors (Lipinski definition) is 4. The molecule has 4 rings (SSSR count). The Morgan fingerprint density at radius 1 is 1.08 bits per heavy atom. The lowest BCUT2D eigenvalue weighted by atomic mass is 10.0. The second-order valence-corrected chi connectivity index (χ2v) is 7.18. The van der Waals surface area contributed by atoms with Crippen molar-refractivity contribution < 1.29 is 4.79 Å². The maximum Gasteiger partial charge on any atom is 0.331 e. The van der Waals surface area contributed by atoms with E-state index < -0.39 is 0 Å². The summed E-state index contributed by atoms with van der Waals surface area (Å²) in [7, 11) is 0. The number of carbonyl (C=O) groups is 1. The zero-order valence-corrected chi connectivity index (χ0v) is 14.1. The third kappa shape index (κ3) is 2.61. The number of rotatable bonds is 1. The van der Waals surface area contributed by atoms with E-state index in [0.717, 1.165) is 19.4 Å². The molecule has 24 heavy (non-hydrogen) atoms. The number of nitrogens with zero attached hydrogens (tertiary/aromatic N) is 2. The van der Waals surface area contributed by atoms with Crippen LogP contribution in [0.4, 0.5) is 16.2 Å². The lowest BCUT2D eigenvalue weighted by Gasteiger charge is -2.43. The third-order valence-corrected chi connectivity index (χ3v) is 5.77. The topological polar surface area (TPSA) is 61.6 Å². The molecule has 0 radical (unpaired) electrons. The van der Waals surface area contributed by atoms with Gasteiger partial charge in [0, 0.05) is 22.9 Å². The molecular weight excluding hydrogens is 320 g/mol. The Labute approximate surface area is 145 Å². The van der Waals surface area contributed by atoms with Gasteiger partial charge in [0.05, 0.1) is 17.4 Å². The van der Waals surface area contributed by atoms with Crippen LogP contribution in [0.1, 0.15) is 12.8 Å². The van der Waals surface area contributed by atoms with Crippen molar-refractivity contribution in [3.8, 4) is 0 Å². The Morgan fingerprint density at radius 3 is 2.33 bits per heavy atom. The van der Waals surface area contributed by atoms with Gasteiger partial charge in [0.1, 0.15) is 0 Å². The summed E-state index contributed by atoms with van der Waals surface area (Å²) in [5.74, 6) is 5.32. The SMILES string of the molecule is NNC(=O)N1CCCC(N2c3ccccc3Sc3ccccc32)C1. The molecule has 3 N–H and O–H groups in total. The number of likely N-dealkylation sites (tertiary alicyclic amines) is 1. The van der Waals surface area contributed by atoms with Gasteiger partial charge in [-0.25, -0.2) is 10.6 Å². The zero-order chi connectivity index (χ0) is 16.5. The summed E-state index contributed by atoms with van der Waals surface area (Å²) >= 11 is 1.81. The smallest absolute Gasteiger partial charge is 0.331 e. The van der Waals surface area contributed by atoms with Crippen LogP contribution in [-0.4, -0.2) is 30.1 Å². The van der Waals surface area contributed by atoms with Crippen LogP contribution in [0.5, 0.6) is 0 Å². The highest BCUT2D eigenvalue weighted by molar-refractivity contribution is 7.99. The molecule has 0 saturated carbocycles. The van der Waals surface area contributed by atoms with Crippen molar-refractivity contribution >= 4 is 29.2 Å². The normalized spacial score (nSPS) is 19.5. The number of urea groups is 1. The molecule has 6 heteroatoms. The molecule has 1 atom stereocenters. The highest BCUT2D eigenvalue weighted by Gasteiger charge is 2.33. The maximum absolute atomic E-state index is 12.0. The van der Waals surface area contributed by atoms with E-state index >= 15 is 0 Å². The van der Waals surface area contributed by atoms with Crippen LogP contribution in [0.25, 0.3) is 0 Å². The largest absolute Gasteiger partial charge is 0.335 e. The van der Waals surface area contributed by atoms with Crippen LogP contribution in [0.2, 0.25) is 0 Å². The number of anilines is 2. The van der Waals surface area contributed by atoms with Crippen LogP contribution in [0.15, 0.2) is 58.3 Å². The molecule has 0 bridgehead atoms. The summed E-state index contributed by atoms with van der Waals surface area (Å²) in [5, 5.41) is 0. The second kappa shape index (κ2) is 6.37. The molecule has 2 aromatic rings. The van der Waals surface area contributed by atoms with Gasteiger partial charge in [-0.3, -0.25) is 5.43 Å². The van der Waals surface area contributed by atoms with Crippen LogP contribution in [0, 0.1) is 0 Å². The molecule has 1 unspecified atom stereocenters. The molecule has 1 saturated heterocycles. The standard InChI is InChI=1S/C18H20N4OS/c19-20-18(23)21-11-5-6-13(12-21)22-14-7-1-3-9-16(14)24-17-10-4-2-8-15(17)22/h1-4,7-10,13H,5-6,11-12,19H2,(H,20,23). The molecule has 2 aliphatic rings. The molecule has 2 aromatic carbocycles. The molecule has 2 heterocycles. The maximum atomic E-state index is 12.0. The molecule has 0 aliphatic carbocycles. The monoisotopic (exact) mass is 340 g/mol. The van der Waals surface area contributed by atoms with Gasteiger partial charge in [0.15, 0.2) is 0 Å². The quantitative estimate of drug-likeness (QED) is 0.475. The van der Waals surface area contributed by atoms with Crippen molar-refractivity contribution in [2.24, 2.45) is 5.84 Å². The molecule has 2 aliphatic heterocycles. The number of nitrogens with two attached hydrogens (primary N) is 1. The van der Waals surface area contributed by atoms with Gasteiger partial charge in [-0.2, -0.15) is 0 Å². The van der Waals surface area contributed by atoms with Gasteiger partial charge in [-0.15, -0.1) is 0 Å². The van der Waals surface area contributed by atoms with E-state index in [9.17, 15) is 4.79 Å². The minimum Gasteiger partial charge on any atom is -0.335 e. The van der Waals surface area contributed by atoms with Gasteiger partial charge < -0.3 is 9.80 Å². The molecule has 0 aromatic heterocycles. The summed E-state index contributed by atoms with van der Waals surface area (Å²) in [6.45, 7) is 1.43. The van der Waals surface area contributed by atoms with Crippen molar-refractivity contribution in [3.05, 3.63) is 48.5 Å². The van der Waals surface area contributed by atoms with Gasteiger partial charge >= 0.3 is 6.03 Å². The summed E-state index contributed by atoms with van der Waals surface area (Å²) in [4.78, 5) is 18.7. The van der Waals surface area contributed by atoms with E-state index in [-0.39, 0.29) is 12.1 Å². The summed E-state index contributed by atoms with van der Waals surface area (Å²) in [6.07, 6.45) is 2.04. The first-order chi connectivity index (χ1) is 11.8. The number of piperidine rings is 1. The van der Waals surface area contributed by atoms with Crippen LogP contribution in [-0.2, 0) is 0 Å². The average molecular weight is 340 g/mol. The predicted octanol–water partition coefficient (Wildman–Crippen LogP) is 3.34. The van der Waals surface area contributed by atoms with Gasteiger partial charge in [-0.05, 0) is 37.1 Å². The Balaban J connectivity index is 1.73. The fraction of sp³-hybridized carbons (Fsp3) is 0.278. The van der Waals surface area contributed by atoms with E-state index in [4.69, 9.17) is 5.84 Å². The Kier molecular flexibility index (Phi) is 4.08. The molecule has 0 spiro atoms. The number of hydrogen-bond donors (Lipinski definition) is 2. The van der Waals surface area contributed by atoms with Gasteiger partial charge in [0.2, 0.25) is 0 Å². The Bertz CT molecular complexity index is 721. The minimum atomic E-state index is -0.201. The van der Waals surface area contributed by atoms with E-state index in [1.165, 1.54) is 21.2 Å². The lowest BCUT2D eigenvalue weighted by Crippen LogP contribution is -2.53. The summed E-state index contributed by atoms with van der Waals surface area (Å²) in [6, 6.07) is 17.0. The van der Waals surface area contributed by atoms with E-state index in [0.29, 0.717) is 6.54 Å². The average Bonchev–Trinajstić information content (AvgIpc) is 2.65. The first-order valence-electron chi connectivity index (χ1n) is 8.18. The van der Waals surface area contributed by atoms with Crippen molar-refractivity contribution in [3.63, 3.8) is 0 Å². The first kappa shape index (κ1) is 15.4. The summed E-state index contributed by atoms with van der Waals surface area (Å²) in [5.41, 5.74) is 4.71. The highest BCUT2D eigenvalue weighted by atomic mass is 32.2. The minimum absolute atomic E-state index is 0.201. The van der Waals surface area contributed by atoms with E-state index in [2.05, 4.69) is 58.9 Å². The number of hydrazine groups is 1. The molecule has 2 amide bonds. The first-order valence-corrected chi connectivity index (χ1v) is 9.00. The van der Waals surface area contributed by atoms with E-state index in [1.807, 2.05) is 11.8 Å². The fourth-order valence-corrected chi connectivity index (χ4v) is 4.64. The highest BCUT2D eigenvalue weighted by Crippen LogP contribution is 2.49. The molecule has 1 fully saturated rings. The third-order valence-electron chi connectivity index (χ3n) is 4.64. The number of nitrogens with one attached hydrogen (secondary N) is 1. The van der Waals surface area contributed by atoms with E-state index in [1.54, 1.807) is 4.90 Å². The lowest BCUT2D eigenvalue weighted by molar-refractivity contribution is 0.180. The van der Waals surface area contributed by atoms with Gasteiger partial charge in [0.25, 0.3) is 0 Å². The van der Waals surface area contributed by atoms with Crippen molar-refractivity contribution in [2.75, 3.05) is 18.0 Å². The molecular formula is C18H20N4OS. The summed E-state index contributed by atoms with van der Waals surface area (Å²) < 4.78 is 0. The number of fused-ring (bicyclic) bond motifs is 2. The Morgan fingerprint density at radius 2 is 1.71 bits per heavy atom. The van der Waals surface area contributed by atoms with Crippen LogP contribution in [0.3, 0.4) is 0 Å². The van der Waals surface area contributed by atoms with Gasteiger partial charge in [-0.1, -0.05) is 36.0 Å². The van der Waals surface area contributed by atoms with Crippen LogP contribution >= 0.6 is 11.8 Å². The van der Waals surface area contributed by atoms with Crippen molar-refractivity contribution in [1.82, 2.24) is 10.3 Å². The number of amides is 2. The van der Waals surface area contributed by atoms with Crippen molar-refractivity contribution in [1.29, 1.82) is 0 Å². The number of benzene rings is 2. The predicted molar refractivity (Wildman–Crippen MR) is 96.5 cm³/mol. The molecule has 5 nitrogen and oxygen atoms in total. The Hall–Kier alpha value is -2.18. The number of para-hydroxylation sites is 2. The second-order valence-electron chi connectivity index (χ2n) is 6.10. The number of carbonyl (C=O) groups excluding carboxylic acids is 1.